The number of nitrogens with one attached hydrogen (secondary N) is 1. The first kappa shape index (κ1) is 20.2. The zero-order valence-corrected chi connectivity index (χ0v) is 18.1. The third-order valence-corrected chi connectivity index (χ3v) is 5.94. The lowest BCUT2D eigenvalue weighted by molar-refractivity contribution is 0.444. The van der Waals surface area contributed by atoms with Crippen molar-refractivity contribution in [1.29, 1.82) is 0 Å². The molecule has 1 aromatic heterocycles. The fraction of sp³-hybridized carbons (Fsp3) is 0.333. The lowest BCUT2D eigenvalue weighted by atomic mass is 10.1. The summed E-state index contributed by atoms with van der Waals surface area (Å²) in [6.45, 7) is 3.80. The molecule has 2 rings (SSSR count). The van der Waals surface area contributed by atoms with Gasteiger partial charge in [-0.1, -0.05) is 27.5 Å². The fourth-order valence-electron chi connectivity index (χ4n) is 2.05. The van der Waals surface area contributed by atoms with Gasteiger partial charge in [-0.2, -0.15) is 0 Å². The number of furan rings is 1. The number of rotatable bonds is 8. The summed E-state index contributed by atoms with van der Waals surface area (Å²) < 4.78 is 38.0. The Morgan fingerprint density at radius 3 is 2.52 bits per heavy atom. The van der Waals surface area contributed by atoms with E-state index >= 15 is 0 Å². The number of hydrogen-bond acceptors (Lipinski definition) is 5. The highest BCUT2D eigenvalue weighted by atomic mass is 79.9. The van der Waals surface area contributed by atoms with Gasteiger partial charge >= 0.3 is 0 Å². The maximum Gasteiger partial charge on any atom is 0.252 e. The zero-order valence-electron chi connectivity index (χ0n) is 13.8. The first-order chi connectivity index (χ1) is 11.7. The largest absolute Gasteiger partial charge is 0.541 e. The summed E-state index contributed by atoms with van der Waals surface area (Å²) in [5, 5.41) is 11.6. The molecule has 0 fully saturated rings. The molecule has 0 atom stereocenters. The quantitative estimate of drug-likeness (QED) is 0.448. The Morgan fingerprint density at radius 2 is 1.96 bits per heavy atom. The van der Waals surface area contributed by atoms with Gasteiger partial charge in [0.2, 0.25) is 30.6 Å². The van der Waals surface area contributed by atoms with E-state index in [0.29, 0.717) is 22.3 Å². The molecule has 0 aliphatic heterocycles. The Labute approximate surface area is 162 Å². The van der Waals surface area contributed by atoms with Gasteiger partial charge in [0.05, 0.1) is 5.75 Å². The van der Waals surface area contributed by atoms with Crippen molar-refractivity contribution in [2.24, 2.45) is 0 Å². The fourth-order valence-corrected chi connectivity index (χ4v) is 4.56. The van der Waals surface area contributed by atoms with Crippen LogP contribution in [0, 0.1) is 0 Å². The highest BCUT2D eigenvalue weighted by molar-refractivity contribution is 9.09. The summed E-state index contributed by atoms with van der Waals surface area (Å²) in [5.74, 6) is -0.275. The van der Waals surface area contributed by atoms with Crippen LogP contribution in [0.25, 0.3) is 11.3 Å². The minimum Gasteiger partial charge on any atom is -0.541 e. The van der Waals surface area contributed by atoms with Gasteiger partial charge in [0.25, 0.3) is 5.88 Å². The predicted octanol–water partition coefficient (Wildman–Crippen LogP) is 4.19. The molecule has 1 heterocycles. The highest BCUT2D eigenvalue weighted by Crippen LogP contribution is 2.46. The van der Waals surface area contributed by atoms with Crippen LogP contribution in [0.5, 0.6) is 11.5 Å². The van der Waals surface area contributed by atoms with Crippen LogP contribution in [0.4, 0.5) is 5.88 Å². The monoisotopic (exact) mass is 467 g/mol. The van der Waals surface area contributed by atoms with Crippen molar-refractivity contribution >= 4 is 52.5 Å². The SMILES string of the molecule is C[SiH](C)Oc1c(NS(=O)(=O)CCCBr)oc(-c2ccc(Cl)cc2)c1O. The lowest BCUT2D eigenvalue weighted by Gasteiger charge is -2.10. The molecule has 1 aromatic carbocycles. The normalized spacial score (nSPS) is 11.7. The summed E-state index contributed by atoms with van der Waals surface area (Å²) in [4.78, 5) is 0. The molecular formula is C15H19BrClNO5SSi. The number of anilines is 1. The average Bonchev–Trinajstić information content (AvgIpc) is 2.82. The van der Waals surface area contributed by atoms with Gasteiger partial charge in [-0.3, -0.25) is 0 Å². The first-order valence-corrected chi connectivity index (χ1v) is 13.5. The van der Waals surface area contributed by atoms with Crippen LogP contribution in [0.2, 0.25) is 18.1 Å². The predicted molar refractivity (Wildman–Crippen MR) is 106 cm³/mol. The van der Waals surface area contributed by atoms with Crippen molar-refractivity contribution in [1.82, 2.24) is 0 Å². The second-order valence-corrected chi connectivity index (χ2v) is 11.0. The van der Waals surface area contributed by atoms with Gasteiger partial charge in [-0.25, -0.2) is 13.1 Å². The minimum absolute atomic E-state index is 0.0223. The van der Waals surface area contributed by atoms with E-state index in [2.05, 4.69) is 20.7 Å². The van der Waals surface area contributed by atoms with Gasteiger partial charge in [0, 0.05) is 15.9 Å². The minimum atomic E-state index is -3.62. The third kappa shape index (κ3) is 5.40. The Balaban J connectivity index is 2.44. The molecule has 0 saturated carbocycles. The molecule has 0 radical (unpaired) electrons. The lowest BCUT2D eigenvalue weighted by Crippen LogP contribution is -2.18. The Morgan fingerprint density at radius 1 is 1.32 bits per heavy atom. The summed E-state index contributed by atoms with van der Waals surface area (Å²) in [6, 6.07) is 6.63. The molecule has 0 saturated heterocycles. The van der Waals surface area contributed by atoms with Crippen molar-refractivity contribution in [3.05, 3.63) is 29.3 Å². The molecule has 0 aliphatic carbocycles. The van der Waals surface area contributed by atoms with Crippen molar-refractivity contribution in [2.75, 3.05) is 15.8 Å². The van der Waals surface area contributed by atoms with E-state index in [-0.39, 0.29) is 28.9 Å². The Hall–Kier alpha value is -1.16. The number of halogens is 2. The number of benzene rings is 1. The van der Waals surface area contributed by atoms with E-state index in [9.17, 15) is 13.5 Å². The summed E-state index contributed by atoms with van der Waals surface area (Å²) >= 11 is 9.07. The number of hydrogen-bond donors (Lipinski definition) is 2. The van der Waals surface area contributed by atoms with Crippen LogP contribution in [0.1, 0.15) is 6.42 Å². The highest BCUT2D eigenvalue weighted by Gasteiger charge is 2.26. The second-order valence-electron chi connectivity index (χ2n) is 5.58. The Bertz CT molecular complexity index is 823. The van der Waals surface area contributed by atoms with Crippen molar-refractivity contribution in [3.63, 3.8) is 0 Å². The van der Waals surface area contributed by atoms with E-state index in [4.69, 9.17) is 20.4 Å². The van der Waals surface area contributed by atoms with Crippen molar-refractivity contribution in [3.8, 4) is 22.8 Å². The molecular weight excluding hydrogens is 450 g/mol. The van der Waals surface area contributed by atoms with Crippen LogP contribution in [-0.2, 0) is 10.0 Å². The number of alkyl halides is 1. The Kier molecular flexibility index (Phi) is 6.84. The average molecular weight is 469 g/mol. The van der Waals surface area contributed by atoms with E-state index < -0.39 is 19.1 Å². The molecule has 2 N–H and O–H groups in total. The summed E-state index contributed by atoms with van der Waals surface area (Å²) in [7, 11) is -5.23. The van der Waals surface area contributed by atoms with Crippen LogP contribution in [-0.4, -0.2) is 33.6 Å². The smallest absolute Gasteiger partial charge is 0.252 e. The molecule has 0 amide bonds. The van der Waals surface area contributed by atoms with Crippen molar-refractivity contribution in [2.45, 2.75) is 19.5 Å². The summed E-state index contributed by atoms with van der Waals surface area (Å²) in [5.41, 5.74) is 0.558. The number of aromatic hydroxyl groups is 1. The molecule has 0 unspecified atom stereocenters. The van der Waals surface area contributed by atoms with Gasteiger partial charge in [0.1, 0.15) is 0 Å². The van der Waals surface area contributed by atoms with Crippen LogP contribution in [0.15, 0.2) is 28.7 Å². The molecule has 6 nitrogen and oxygen atoms in total. The van der Waals surface area contributed by atoms with Crippen molar-refractivity contribution < 1.29 is 22.4 Å². The van der Waals surface area contributed by atoms with Gasteiger partial charge < -0.3 is 13.9 Å². The molecule has 10 heteroatoms. The first-order valence-electron chi connectivity index (χ1n) is 7.58. The van der Waals surface area contributed by atoms with E-state index in [1.165, 1.54) is 0 Å². The molecule has 0 spiro atoms. The second kappa shape index (κ2) is 8.48. The maximum atomic E-state index is 12.2. The van der Waals surface area contributed by atoms with E-state index in [0.717, 1.165) is 0 Å². The molecule has 138 valence electrons. The summed E-state index contributed by atoms with van der Waals surface area (Å²) in [6.07, 6.45) is 0.446. The molecule has 2 aromatic rings. The standard InChI is InChI=1S/C15H19BrClNO5SSi/c1-25(2)23-14-12(19)13(10-4-6-11(17)7-5-10)22-15(14)18-24(20,21)9-3-8-16/h4-7,18-19,25H,3,8-9H2,1-2H3. The molecule has 0 aliphatic rings. The van der Waals surface area contributed by atoms with E-state index in [1.807, 2.05) is 13.1 Å². The van der Waals surface area contributed by atoms with Gasteiger partial charge in [0.15, 0.2) is 5.76 Å². The van der Waals surface area contributed by atoms with Gasteiger partial charge in [-0.05, 0) is 43.8 Å². The van der Waals surface area contributed by atoms with Gasteiger partial charge in [-0.15, -0.1) is 0 Å². The molecule has 0 bridgehead atoms. The maximum absolute atomic E-state index is 12.2. The van der Waals surface area contributed by atoms with Crippen LogP contribution in [0.3, 0.4) is 0 Å². The number of sulfonamides is 1. The van der Waals surface area contributed by atoms with Crippen LogP contribution >= 0.6 is 27.5 Å². The zero-order chi connectivity index (χ0) is 18.6. The topological polar surface area (TPSA) is 88.8 Å². The molecule has 25 heavy (non-hydrogen) atoms. The van der Waals surface area contributed by atoms with E-state index in [1.54, 1.807) is 24.3 Å². The third-order valence-electron chi connectivity index (χ3n) is 3.10. The van der Waals surface area contributed by atoms with Crippen LogP contribution < -0.4 is 9.15 Å².